The van der Waals surface area contributed by atoms with E-state index in [2.05, 4.69) is 17.1 Å². The molecule has 1 rings (SSSR count). The average molecular weight is 171 g/mol. The Balaban J connectivity index is 2.24. The number of hydrogen-bond acceptors (Lipinski definition) is 3. The molecule has 1 amide bonds. The van der Waals surface area contributed by atoms with Crippen LogP contribution in [-0.2, 0) is 4.79 Å². The summed E-state index contributed by atoms with van der Waals surface area (Å²) in [6.07, 6.45) is 0.477. The highest BCUT2D eigenvalue weighted by Crippen LogP contribution is 2.02. The Kier molecular flexibility index (Phi) is 3.49. The van der Waals surface area contributed by atoms with Gasteiger partial charge < -0.3 is 11.1 Å². The van der Waals surface area contributed by atoms with Crippen molar-refractivity contribution in [3.63, 3.8) is 0 Å². The van der Waals surface area contributed by atoms with E-state index in [9.17, 15) is 4.79 Å². The normalized spacial score (nSPS) is 25.6. The van der Waals surface area contributed by atoms with E-state index in [1.54, 1.807) is 0 Å². The van der Waals surface area contributed by atoms with Crippen LogP contribution in [0.1, 0.15) is 13.3 Å². The molecule has 1 aliphatic rings. The van der Waals surface area contributed by atoms with Crippen LogP contribution in [0.2, 0.25) is 0 Å². The molecular weight excluding hydrogens is 154 g/mol. The maximum absolute atomic E-state index is 10.5. The van der Waals surface area contributed by atoms with E-state index in [4.69, 9.17) is 5.73 Å². The smallest absolute Gasteiger partial charge is 0.218 e. The van der Waals surface area contributed by atoms with Crippen molar-refractivity contribution >= 4 is 5.91 Å². The highest BCUT2D eigenvalue weighted by Gasteiger charge is 2.17. The number of piperazine rings is 1. The van der Waals surface area contributed by atoms with E-state index < -0.39 is 0 Å². The van der Waals surface area contributed by atoms with Crippen LogP contribution in [0, 0.1) is 0 Å². The summed E-state index contributed by atoms with van der Waals surface area (Å²) >= 11 is 0. The summed E-state index contributed by atoms with van der Waals surface area (Å²) in [4.78, 5) is 12.8. The van der Waals surface area contributed by atoms with Gasteiger partial charge in [-0.3, -0.25) is 9.69 Å². The number of primary amides is 1. The number of rotatable bonds is 3. The first kappa shape index (κ1) is 9.48. The Hall–Kier alpha value is -0.610. The largest absolute Gasteiger partial charge is 0.370 e. The van der Waals surface area contributed by atoms with Crippen molar-refractivity contribution in [3.8, 4) is 0 Å². The molecule has 0 aromatic rings. The third kappa shape index (κ3) is 2.79. The van der Waals surface area contributed by atoms with Gasteiger partial charge in [0, 0.05) is 38.6 Å². The van der Waals surface area contributed by atoms with Gasteiger partial charge in [0.2, 0.25) is 5.91 Å². The summed E-state index contributed by atoms with van der Waals surface area (Å²) in [5, 5.41) is 3.29. The lowest BCUT2D eigenvalue weighted by molar-refractivity contribution is -0.118. The van der Waals surface area contributed by atoms with Gasteiger partial charge in [0.15, 0.2) is 0 Å². The topological polar surface area (TPSA) is 58.4 Å². The molecule has 1 unspecified atom stereocenters. The lowest BCUT2D eigenvalue weighted by atomic mass is 10.2. The van der Waals surface area contributed by atoms with Gasteiger partial charge in [0.05, 0.1) is 0 Å². The highest BCUT2D eigenvalue weighted by molar-refractivity contribution is 5.73. The molecule has 4 nitrogen and oxygen atoms in total. The van der Waals surface area contributed by atoms with Crippen molar-refractivity contribution in [3.05, 3.63) is 0 Å². The van der Waals surface area contributed by atoms with Gasteiger partial charge in [0.25, 0.3) is 0 Å². The van der Waals surface area contributed by atoms with Gasteiger partial charge in [-0.05, 0) is 6.92 Å². The van der Waals surface area contributed by atoms with E-state index in [1.165, 1.54) is 0 Å². The Morgan fingerprint density at radius 2 is 2.50 bits per heavy atom. The maximum Gasteiger partial charge on any atom is 0.218 e. The molecule has 0 spiro atoms. The summed E-state index contributed by atoms with van der Waals surface area (Å²) in [7, 11) is 0. The van der Waals surface area contributed by atoms with Crippen LogP contribution in [0.3, 0.4) is 0 Å². The van der Waals surface area contributed by atoms with E-state index in [-0.39, 0.29) is 5.91 Å². The Bertz CT molecular complexity index is 160. The van der Waals surface area contributed by atoms with E-state index in [0.29, 0.717) is 12.5 Å². The van der Waals surface area contributed by atoms with Crippen molar-refractivity contribution in [2.24, 2.45) is 5.73 Å². The molecule has 1 fully saturated rings. The predicted molar refractivity (Wildman–Crippen MR) is 47.7 cm³/mol. The first-order chi connectivity index (χ1) is 5.70. The van der Waals surface area contributed by atoms with Crippen LogP contribution >= 0.6 is 0 Å². The number of nitrogens with zero attached hydrogens (tertiary/aromatic N) is 1. The van der Waals surface area contributed by atoms with Crippen LogP contribution in [0.15, 0.2) is 0 Å². The predicted octanol–water partition coefficient (Wildman–Crippen LogP) is -0.844. The van der Waals surface area contributed by atoms with Crippen LogP contribution < -0.4 is 11.1 Å². The lowest BCUT2D eigenvalue weighted by Gasteiger charge is -2.33. The Morgan fingerprint density at radius 3 is 3.08 bits per heavy atom. The number of nitrogens with two attached hydrogens (primary N) is 1. The fourth-order valence-corrected chi connectivity index (χ4v) is 1.47. The van der Waals surface area contributed by atoms with Crippen LogP contribution in [-0.4, -0.2) is 43.0 Å². The van der Waals surface area contributed by atoms with Crippen molar-refractivity contribution < 1.29 is 4.79 Å². The molecule has 0 aromatic carbocycles. The minimum Gasteiger partial charge on any atom is -0.370 e. The summed E-state index contributed by atoms with van der Waals surface area (Å²) in [5.74, 6) is -0.208. The molecule has 1 heterocycles. The van der Waals surface area contributed by atoms with Crippen molar-refractivity contribution in [2.75, 3.05) is 26.2 Å². The minimum atomic E-state index is -0.208. The van der Waals surface area contributed by atoms with Gasteiger partial charge in [-0.15, -0.1) is 0 Å². The molecule has 0 bridgehead atoms. The number of carbonyl (C=O) groups excluding carboxylic acids is 1. The van der Waals surface area contributed by atoms with Gasteiger partial charge in [-0.1, -0.05) is 0 Å². The maximum atomic E-state index is 10.5. The monoisotopic (exact) mass is 171 g/mol. The third-order valence-electron chi connectivity index (χ3n) is 2.28. The quantitative estimate of drug-likeness (QED) is 0.582. The van der Waals surface area contributed by atoms with Gasteiger partial charge in [-0.2, -0.15) is 0 Å². The highest BCUT2D eigenvalue weighted by atomic mass is 16.1. The fourth-order valence-electron chi connectivity index (χ4n) is 1.47. The second-order valence-electron chi connectivity index (χ2n) is 3.31. The standard InChI is InChI=1S/C8H17N3O/c1-7-6-10-3-5-11(7)4-2-8(9)12/h7,10H,2-6H2,1H3,(H2,9,12). The van der Waals surface area contributed by atoms with Gasteiger partial charge in [0.1, 0.15) is 0 Å². The summed E-state index contributed by atoms with van der Waals surface area (Å²) < 4.78 is 0. The van der Waals surface area contributed by atoms with E-state index >= 15 is 0 Å². The molecule has 70 valence electrons. The molecule has 4 heteroatoms. The lowest BCUT2D eigenvalue weighted by Crippen LogP contribution is -2.50. The fraction of sp³-hybridized carbons (Fsp3) is 0.875. The number of carbonyl (C=O) groups is 1. The number of nitrogens with one attached hydrogen (secondary N) is 1. The van der Waals surface area contributed by atoms with Gasteiger partial charge in [-0.25, -0.2) is 0 Å². The Labute approximate surface area is 73.1 Å². The average Bonchev–Trinajstić information content (AvgIpc) is 2.03. The molecule has 1 aliphatic heterocycles. The first-order valence-corrected chi connectivity index (χ1v) is 4.43. The third-order valence-corrected chi connectivity index (χ3v) is 2.28. The molecule has 1 saturated heterocycles. The second kappa shape index (κ2) is 4.42. The molecule has 0 aromatic heterocycles. The number of hydrogen-bond donors (Lipinski definition) is 2. The summed E-state index contributed by atoms with van der Waals surface area (Å²) in [6, 6.07) is 0.526. The summed E-state index contributed by atoms with van der Waals surface area (Å²) in [6.45, 7) is 6.02. The minimum absolute atomic E-state index is 0.208. The van der Waals surface area contributed by atoms with Gasteiger partial charge >= 0.3 is 0 Å². The van der Waals surface area contributed by atoms with Crippen LogP contribution in [0.5, 0.6) is 0 Å². The second-order valence-corrected chi connectivity index (χ2v) is 3.31. The van der Waals surface area contributed by atoms with Crippen LogP contribution in [0.4, 0.5) is 0 Å². The number of amides is 1. The zero-order valence-electron chi connectivity index (χ0n) is 7.55. The zero-order chi connectivity index (χ0) is 8.97. The SMILES string of the molecule is CC1CNCCN1CCC(N)=O. The molecule has 12 heavy (non-hydrogen) atoms. The Morgan fingerprint density at radius 1 is 1.75 bits per heavy atom. The molecular formula is C8H17N3O. The first-order valence-electron chi connectivity index (χ1n) is 4.43. The van der Waals surface area contributed by atoms with E-state index in [1.807, 2.05) is 0 Å². The zero-order valence-corrected chi connectivity index (χ0v) is 7.55. The van der Waals surface area contributed by atoms with Crippen LogP contribution in [0.25, 0.3) is 0 Å². The van der Waals surface area contributed by atoms with Crippen molar-refractivity contribution in [2.45, 2.75) is 19.4 Å². The molecule has 0 radical (unpaired) electrons. The molecule has 1 atom stereocenters. The molecule has 0 saturated carbocycles. The summed E-state index contributed by atoms with van der Waals surface area (Å²) in [5.41, 5.74) is 5.07. The van der Waals surface area contributed by atoms with Crippen molar-refractivity contribution in [1.82, 2.24) is 10.2 Å². The molecule has 0 aliphatic carbocycles. The van der Waals surface area contributed by atoms with Crippen molar-refractivity contribution in [1.29, 1.82) is 0 Å². The molecule has 3 N–H and O–H groups in total. The van der Waals surface area contributed by atoms with E-state index in [0.717, 1.165) is 26.2 Å².